The Bertz CT molecular complexity index is 517. The van der Waals surface area contributed by atoms with E-state index in [9.17, 15) is 0 Å². The molecule has 0 fully saturated rings. The molecule has 1 aromatic heterocycles. The van der Waals surface area contributed by atoms with Crippen LogP contribution in [0.3, 0.4) is 0 Å². The Morgan fingerprint density at radius 3 is 2.00 bits per heavy atom. The van der Waals surface area contributed by atoms with Crippen molar-refractivity contribution in [2.24, 2.45) is 0 Å². The average Bonchev–Trinajstić information content (AvgIpc) is 2.63. The summed E-state index contributed by atoms with van der Waals surface area (Å²) in [6.45, 7) is 8.28. The molecule has 0 aliphatic carbocycles. The second kappa shape index (κ2) is 3.63. The first-order valence-electron chi connectivity index (χ1n) is 5.18. The van der Waals surface area contributed by atoms with E-state index in [4.69, 9.17) is 5.73 Å². The summed E-state index contributed by atoms with van der Waals surface area (Å²) < 4.78 is 4.66. The van der Waals surface area contributed by atoms with Crippen molar-refractivity contribution >= 4 is 5.82 Å². The van der Waals surface area contributed by atoms with Gasteiger partial charge in [-0.15, -0.1) is 0 Å². The molecule has 0 bridgehead atoms. The van der Waals surface area contributed by atoms with Gasteiger partial charge in [0, 0.05) is 5.56 Å². The molecule has 0 atom stereocenters. The summed E-state index contributed by atoms with van der Waals surface area (Å²) >= 11 is 0. The number of rotatable bonds is 1. The lowest BCUT2D eigenvalue weighted by Gasteiger charge is -2.12. The van der Waals surface area contributed by atoms with Gasteiger partial charge in [-0.05, 0) is 60.3 Å². The van der Waals surface area contributed by atoms with Crippen molar-refractivity contribution in [1.82, 2.24) is 10.3 Å². The molecule has 0 saturated carbocycles. The highest BCUT2D eigenvalue weighted by Gasteiger charge is 2.16. The van der Waals surface area contributed by atoms with Crippen LogP contribution < -0.4 is 5.73 Å². The van der Waals surface area contributed by atoms with Gasteiger partial charge in [-0.2, -0.15) is 0 Å². The number of aryl methyl sites for hydroxylation is 2. The maximum Gasteiger partial charge on any atom is 0.196 e. The van der Waals surface area contributed by atoms with E-state index in [0.29, 0.717) is 11.5 Å². The lowest BCUT2D eigenvalue weighted by Crippen LogP contribution is -1.97. The second-order valence-electron chi connectivity index (χ2n) is 4.13. The Morgan fingerprint density at radius 1 is 1.00 bits per heavy atom. The van der Waals surface area contributed by atoms with E-state index in [1.165, 1.54) is 22.3 Å². The van der Waals surface area contributed by atoms with E-state index < -0.39 is 0 Å². The summed E-state index contributed by atoms with van der Waals surface area (Å²) in [4.78, 5) is 0. The van der Waals surface area contributed by atoms with Crippen molar-refractivity contribution in [3.8, 4) is 11.3 Å². The molecular weight excluding hydrogens is 202 g/mol. The van der Waals surface area contributed by atoms with E-state index in [0.717, 1.165) is 5.56 Å². The Morgan fingerprint density at radius 2 is 1.56 bits per heavy atom. The molecule has 1 aromatic carbocycles. The third-order valence-corrected chi connectivity index (χ3v) is 3.12. The Balaban J connectivity index is 2.79. The normalized spacial score (nSPS) is 10.8. The summed E-state index contributed by atoms with van der Waals surface area (Å²) in [5, 5.41) is 7.51. The molecule has 0 radical (unpaired) electrons. The minimum absolute atomic E-state index is 0.344. The van der Waals surface area contributed by atoms with Gasteiger partial charge in [-0.1, -0.05) is 6.07 Å². The van der Waals surface area contributed by atoms with Gasteiger partial charge in [0.2, 0.25) is 0 Å². The number of benzene rings is 1. The van der Waals surface area contributed by atoms with Gasteiger partial charge < -0.3 is 5.73 Å². The first-order valence-corrected chi connectivity index (χ1v) is 5.18. The average molecular weight is 217 g/mol. The van der Waals surface area contributed by atoms with Crippen LogP contribution in [0.1, 0.15) is 22.3 Å². The molecule has 84 valence electrons. The molecule has 0 aliphatic rings. The predicted molar refractivity (Wildman–Crippen MR) is 63.1 cm³/mol. The minimum atomic E-state index is 0.344. The zero-order valence-electron chi connectivity index (χ0n) is 9.96. The van der Waals surface area contributed by atoms with E-state index >= 15 is 0 Å². The minimum Gasteiger partial charge on any atom is -0.379 e. The smallest absolute Gasteiger partial charge is 0.196 e. The Labute approximate surface area is 94.4 Å². The third kappa shape index (κ3) is 1.46. The molecule has 4 heteroatoms. The predicted octanol–water partition coefficient (Wildman–Crippen LogP) is 2.55. The number of anilines is 1. The van der Waals surface area contributed by atoms with Crippen LogP contribution in [0.4, 0.5) is 5.82 Å². The van der Waals surface area contributed by atoms with Crippen molar-refractivity contribution < 1.29 is 4.63 Å². The highest BCUT2D eigenvalue weighted by Crippen LogP contribution is 2.32. The monoisotopic (exact) mass is 217 g/mol. The summed E-state index contributed by atoms with van der Waals surface area (Å²) in [5.74, 6) is 0.344. The Hall–Kier alpha value is -1.84. The van der Waals surface area contributed by atoms with E-state index in [1.54, 1.807) is 0 Å². The number of hydrogen-bond donors (Lipinski definition) is 1. The molecule has 1 heterocycles. The molecule has 2 N–H and O–H groups in total. The first-order chi connectivity index (χ1) is 7.52. The fourth-order valence-electron chi connectivity index (χ4n) is 1.94. The van der Waals surface area contributed by atoms with Gasteiger partial charge in [0.1, 0.15) is 0 Å². The molecule has 2 rings (SSSR count). The molecular formula is C12H15N3O. The summed E-state index contributed by atoms with van der Waals surface area (Å²) in [6.07, 6.45) is 0. The van der Waals surface area contributed by atoms with Gasteiger partial charge in [-0.25, -0.2) is 4.63 Å². The summed E-state index contributed by atoms with van der Waals surface area (Å²) in [7, 11) is 0. The maximum absolute atomic E-state index is 5.74. The number of nitrogens with two attached hydrogens (primary N) is 1. The molecule has 0 amide bonds. The highest BCUT2D eigenvalue weighted by molar-refractivity contribution is 5.76. The number of nitrogens with zero attached hydrogens (tertiary/aromatic N) is 2. The van der Waals surface area contributed by atoms with Crippen LogP contribution in [0.2, 0.25) is 0 Å². The van der Waals surface area contributed by atoms with E-state index in [-0.39, 0.29) is 0 Å². The van der Waals surface area contributed by atoms with Crippen LogP contribution in [0.15, 0.2) is 10.7 Å². The molecule has 0 unspecified atom stereocenters. The zero-order chi connectivity index (χ0) is 11.9. The van der Waals surface area contributed by atoms with Gasteiger partial charge >= 0.3 is 0 Å². The Kier molecular flexibility index (Phi) is 2.42. The van der Waals surface area contributed by atoms with Crippen LogP contribution in [-0.4, -0.2) is 10.3 Å². The first kappa shape index (κ1) is 10.7. The van der Waals surface area contributed by atoms with Crippen molar-refractivity contribution in [3.05, 3.63) is 28.3 Å². The molecule has 16 heavy (non-hydrogen) atoms. The van der Waals surface area contributed by atoms with Gasteiger partial charge in [-0.3, -0.25) is 0 Å². The van der Waals surface area contributed by atoms with Crippen molar-refractivity contribution in [1.29, 1.82) is 0 Å². The van der Waals surface area contributed by atoms with Gasteiger partial charge in [0.15, 0.2) is 11.5 Å². The topological polar surface area (TPSA) is 64.9 Å². The number of hydrogen-bond acceptors (Lipinski definition) is 4. The second-order valence-corrected chi connectivity index (χ2v) is 4.13. The van der Waals surface area contributed by atoms with Crippen LogP contribution in [-0.2, 0) is 0 Å². The van der Waals surface area contributed by atoms with Crippen LogP contribution in [0, 0.1) is 27.7 Å². The molecule has 2 aromatic rings. The quantitative estimate of drug-likeness (QED) is 0.797. The van der Waals surface area contributed by atoms with Gasteiger partial charge in [0.25, 0.3) is 0 Å². The van der Waals surface area contributed by atoms with E-state index in [1.807, 2.05) is 0 Å². The zero-order valence-corrected chi connectivity index (χ0v) is 9.96. The largest absolute Gasteiger partial charge is 0.379 e. The molecule has 0 aliphatic heterocycles. The standard InChI is InChI=1S/C12H15N3O/c1-6-5-7(2)9(4)10(8(6)3)11-12(13)15-16-14-11/h5H,1-4H3,(H2,13,15). The summed E-state index contributed by atoms with van der Waals surface area (Å²) in [6, 6.07) is 2.16. The van der Waals surface area contributed by atoms with Crippen LogP contribution >= 0.6 is 0 Å². The fraction of sp³-hybridized carbons (Fsp3) is 0.333. The maximum atomic E-state index is 5.74. The highest BCUT2D eigenvalue weighted by atomic mass is 16.6. The van der Waals surface area contributed by atoms with Crippen molar-refractivity contribution in [2.75, 3.05) is 5.73 Å². The number of nitrogen functional groups attached to an aromatic ring is 1. The summed E-state index contributed by atoms with van der Waals surface area (Å²) in [5.41, 5.74) is 12.2. The number of aromatic nitrogens is 2. The molecule has 0 saturated heterocycles. The third-order valence-electron chi connectivity index (χ3n) is 3.12. The van der Waals surface area contributed by atoms with Crippen LogP contribution in [0.25, 0.3) is 11.3 Å². The van der Waals surface area contributed by atoms with Crippen LogP contribution in [0.5, 0.6) is 0 Å². The lowest BCUT2D eigenvalue weighted by atomic mass is 9.92. The van der Waals surface area contributed by atoms with Gasteiger partial charge in [0.05, 0.1) is 0 Å². The van der Waals surface area contributed by atoms with Crippen molar-refractivity contribution in [2.45, 2.75) is 27.7 Å². The van der Waals surface area contributed by atoms with Crippen molar-refractivity contribution in [3.63, 3.8) is 0 Å². The molecule has 0 spiro atoms. The lowest BCUT2D eigenvalue weighted by molar-refractivity contribution is 0.310. The molecule has 4 nitrogen and oxygen atoms in total. The SMILES string of the molecule is Cc1cc(C)c(C)c(-c2nonc2N)c1C. The van der Waals surface area contributed by atoms with E-state index in [2.05, 4.69) is 48.7 Å². The fourth-order valence-corrected chi connectivity index (χ4v) is 1.94.